The first-order valence-corrected chi connectivity index (χ1v) is 5.79. The summed E-state index contributed by atoms with van der Waals surface area (Å²) in [4.78, 5) is 0. The maximum Gasteiger partial charge on any atom is 0.0650 e. The van der Waals surface area contributed by atoms with Gasteiger partial charge in [0.25, 0.3) is 0 Å². The molecule has 0 saturated carbocycles. The molecule has 0 spiro atoms. The Morgan fingerprint density at radius 1 is 1.27 bits per heavy atom. The highest BCUT2D eigenvalue weighted by atomic mass is 15.2. The summed E-state index contributed by atoms with van der Waals surface area (Å²) in [5.74, 6) is 0.646. The monoisotopic (exact) mass is 202 g/mol. The summed E-state index contributed by atoms with van der Waals surface area (Å²) in [7, 11) is 0. The van der Waals surface area contributed by atoms with Crippen LogP contribution in [0.15, 0.2) is 30.5 Å². The molecule has 80 valence electrons. The maximum atomic E-state index is 4.41. The second-order valence-corrected chi connectivity index (χ2v) is 4.01. The Hall–Kier alpha value is -1.31. The Morgan fingerprint density at radius 3 is 2.87 bits per heavy atom. The van der Waals surface area contributed by atoms with Crippen LogP contribution >= 0.6 is 0 Å². The molecule has 15 heavy (non-hydrogen) atoms. The first-order valence-electron chi connectivity index (χ1n) is 5.79. The van der Waals surface area contributed by atoms with Crippen LogP contribution in [-0.2, 0) is 0 Å². The molecule has 2 aromatic rings. The lowest BCUT2D eigenvalue weighted by atomic mass is 9.97. The van der Waals surface area contributed by atoms with Crippen molar-refractivity contribution in [3.63, 3.8) is 0 Å². The predicted molar refractivity (Wildman–Crippen MR) is 63.1 cm³/mol. The molecule has 0 fully saturated rings. The topological polar surface area (TPSA) is 17.3 Å². The van der Waals surface area contributed by atoms with Gasteiger partial charge in [0.15, 0.2) is 0 Å². The van der Waals surface area contributed by atoms with Crippen LogP contribution in [0.3, 0.4) is 0 Å². The van der Waals surface area contributed by atoms with Gasteiger partial charge in [-0.25, -0.2) is 4.52 Å². The van der Waals surface area contributed by atoms with E-state index in [2.05, 4.69) is 41.7 Å². The van der Waals surface area contributed by atoms with Crippen molar-refractivity contribution >= 4 is 5.52 Å². The molecule has 2 heterocycles. The van der Waals surface area contributed by atoms with Gasteiger partial charge in [-0.3, -0.25) is 0 Å². The van der Waals surface area contributed by atoms with Crippen LogP contribution in [0.4, 0.5) is 0 Å². The highest BCUT2D eigenvalue weighted by Crippen LogP contribution is 2.25. The van der Waals surface area contributed by atoms with Crippen LogP contribution in [0.2, 0.25) is 0 Å². The fraction of sp³-hybridized carbons (Fsp3) is 0.462. The summed E-state index contributed by atoms with van der Waals surface area (Å²) in [6, 6.07) is 8.46. The molecule has 0 bridgehead atoms. The molecule has 2 heteroatoms. The molecule has 0 aliphatic heterocycles. The standard InChI is InChI=1S/C13H18N2/c1-3-6-11(4-2)13-9-8-12-7-5-10-14-15(12)13/h5,7-11H,3-4,6H2,1-2H3. The Morgan fingerprint density at radius 2 is 2.13 bits per heavy atom. The third-order valence-electron chi connectivity index (χ3n) is 3.00. The number of rotatable bonds is 4. The number of aromatic nitrogens is 2. The Kier molecular flexibility index (Phi) is 3.05. The average molecular weight is 202 g/mol. The zero-order valence-electron chi connectivity index (χ0n) is 9.48. The zero-order valence-corrected chi connectivity index (χ0v) is 9.48. The minimum absolute atomic E-state index is 0.646. The first-order chi connectivity index (χ1) is 7.36. The van der Waals surface area contributed by atoms with E-state index in [4.69, 9.17) is 0 Å². The van der Waals surface area contributed by atoms with Crippen LogP contribution in [-0.4, -0.2) is 9.61 Å². The summed E-state index contributed by atoms with van der Waals surface area (Å²) >= 11 is 0. The Labute approximate surface area is 90.9 Å². The maximum absolute atomic E-state index is 4.41. The normalized spacial score (nSPS) is 13.2. The third kappa shape index (κ3) is 1.89. The summed E-state index contributed by atoms with van der Waals surface area (Å²) < 4.78 is 2.07. The van der Waals surface area contributed by atoms with Crippen molar-refractivity contribution in [1.29, 1.82) is 0 Å². The van der Waals surface area contributed by atoms with Gasteiger partial charge in [0.2, 0.25) is 0 Å². The van der Waals surface area contributed by atoms with Gasteiger partial charge in [0.05, 0.1) is 5.52 Å². The van der Waals surface area contributed by atoms with Gasteiger partial charge in [-0.1, -0.05) is 20.3 Å². The van der Waals surface area contributed by atoms with E-state index < -0.39 is 0 Å². The van der Waals surface area contributed by atoms with Crippen LogP contribution in [0.5, 0.6) is 0 Å². The Balaban J connectivity index is 2.41. The number of hydrogen-bond donors (Lipinski definition) is 0. The van der Waals surface area contributed by atoms with E-state index in [0.717, 1.165) is 0 Å². The fourth-order valence-electron chi connectivity index (χ4n) is 2.19. The van der Waals surface area contributed by atoms with Crippen molar-refractivity contribution in [2.24, 2.45) is 0 Å². The van der Waals surface area contributed by atoms with Crippen LogP contribution in [0.25, 0.3) is 5.52 Å². The summed E-state index contributed by atoms with van der Waals surface area (Å²) in [5.41, 5.74) is 2.55. The van der Waals surface area contributed by atoms with E-state index in [1.165, 1.54) is 30.5 Å². The SMILES string of the molecule is CCCC(CC)c1ccc2cccnn12. The van der Waals surface area contributed by atoms with Gasteiger partial charge in [-0.05, 0) is 37.1 Å². The molecule has 2 rings (SSSR count). The van der Waals surface area contributed by atoms with Crippen molar-refractivity contribution in [2.45, 2.75) is 39.0 Å². The van der Waals surface area contributed by atoms with Crippen molar-refractivity contribution in [3.05, 3.63) is 36.2 Å². The van der Waals surface area contributed by atoms with Gasteiger partial charge < -0.3 is 0 Å². The molecule has 0 amide bonds. The van der Waals surface area contributed by atoms with E-state index in [1.54, 1.807) is 0 Å². The van der Waals surface area contributed by atoms with Crippen molar-refractivity contribution in [1.82, 2.24) is 9.61 Å². The second-order valence-electron chi connectivity index (χ2n) is 4.01. The molecule has 0 radical (unpaired) electrons. The summed E-state index contributed by atoms with van der Waals surface area (Å²) in [5, 5.41) is 4.41. The highest BCUT2D eigenvalue weighted by molar-refractivity contribution is 5.48. The lowest BCUT2D eigenvalue weighted by Crippen LogP contribution is -2.03. The third-order valence-corrected chi connectivity index (χ3v) is 3.00. The van der Waals surface area contributed by atoms with E-state index in [0.29, 0.717) is 5.92 Å². The molecule has 2 aromatic heterocycles. The average Bonchev–Trinajstić information content (AvgIpc) is 2.70. The lowest BCUT2D eigenvalue weighted by molar-refractivity contribution is 0.568. The van der Waals surface area contributed by atoms with Crippen molar-refractivity contribution < 1.29 is 0 Å². The minimum Gasteiger partial charge on any atom is -0.238 e. The molecule has 1 atom stereocenters. The van der Waals surface area contributed by atoms with Crippen LogP contribution < -0.4 is 0 Å². The number of hydrogen-bond acceptors (Lipinski definition) is 1. The number of nitrogens with zero attached hydrogens (tertiary/aromatic N) is 2. The molecule has 0 aromatic carbocycles. The van der Waals surface area contributed by atoms with E-state index in [-0.39, 0.29) is 0 Å². The molecule has 1 unspecified atom stereocenters. The quantitative estimate of drug-likeness (QED) is 0.740. The van der Waals surface area contributed by atoms with Crippen LogP contribution in [0, 0.1) is 0 Å². The van der Waals surface area contributed by atoms with E-state index >= 15 is 0 Å². The number of fused-ring (bicyclic) bond motifs is 1. The molecular weight excluding hydrogens is 184 g/mol. The van der Waals surface area contributed by atoms with Crippen LogP contribution in [0.1, 0.15) is 44.7 Å². The zero-order chi connectivity index (χ0) is 10.7. The second kappa shape index (κ2) is 4.47. The van der Waals surface area contributed by atoms with Gasteiger partial charge >= 0.3 is 0 Å². The van der Waals surface area contributed by atoms with Gasteiger partial charge in [0.1, 0.15) is 0 Å². The molecule has 0 aliphatic carbocycles. The van der Waals surface area contributed by atoms with Crippen molar-refractivity contribution in [2.75, 3.05) is 0 Å². The molecule has 0 saturated heterocycles. The van der Waals surface area contributed by atoms with E-state index in [1.807, 2.05) is 12.3 Å². The highest BCUT2D eigenvalue weighted by Gasteiger charge is 2.12. The largest absolute Gasteiger partial charge is 0.238 e. The molecular formula is C13H18N2. The smallest absolute Gasteiger partial charge is 0.0650 e. The summed E-state index contributed by atoms with van der Waals surface area (Å²) in [6.07, 6.45) is 5.53. The lowest BCUT2D eigenvalue weighted by Gasteiger charge is -2.13. The van der Waals surface area contributed by atoms with Gasteiger partial charge in [-0.2, -0.15) is 5.10 Å². The molecule has 0 aliphatic rings. The van der Waals surface area contributed by atoms with Gasteiger partial charge in [0, 0.05) is 17.8 Å². The van der Waals surface area contributed by atoms with Gasteiger partial charge in [-0.15, -0.1) is 0 Å². The Bertz CT molecular complexity index is 431. The summed E-state index contributed by atoms with van der Waals surface area (Å²) in [6.45, 7) is 4.49. The molecule has 2 nitrogen and oxygen atoms in total. The van der Waals surface area contributed by atoms with E-state index in [9.17, 15) is 0 Å². The fourth-order valence-corrected chi connectivity index (χ4v) is 2.19. The minimum atomic E-state index is 0.646. The predicted octanol–water partition coefficient (Wildman–Crippen LogP) is 3.63. The molecule has 0 N–H and O–H groups in total. The first kappa shape index (κ1) is 10.2. The van der Waals surface area contributed by atoms with Crippen molar-refractivity contribution in [3.8, 4) is 0 Å².